The van der Waals surface area contributed by atoms with Gasteiger partial charge in [0.1, 0.15) is 36.3 Å². The first-order chi connectivity index (χ1) is 21.2. The minimum Gasteiger partial charge on any atom is -0.394 e. The van der Waals surface area contributed by atoms with Gasteiger partial charge in [-0.1, -0.05) is 78.1 Å². The number of anilines is 1. The maximum Gasteiger partial charge on any atom is 0.239 e. The molecule has 1 saturated heterocycles. The van der Waals surface area contributed by atoms with E-state index in [0.717, 1.165) is 31.6 Å². The van der Waals surface area contributed by atoms with Crippen molar-refractivity contribution in [2.45, 2.75) is 128 Å². The summed E-state index contributed by atoms with van der Waals surface area (Å²) in [5.41, 5.74) is 0.794. The van der Waals surface area contributed by atoms with Gasteiger partial charge in [0, 0.05) is 6.42 Å². The lowest BCUT2D eigenvalue weighted by molar-refractivity contribution is -0.204. The molecule has 0 unspecified atom stereocenters. The van der Waals surface area contributed by atoms with Gasteiger partial charge in [-0.3, -0.25) is 9.59 Å². The third kappa shape index (κ3) is 11.2. The number of ether oxygens (including phenoxy) is 1. The molecular weight excluding hydrogens is 570 g/mol. The summed E-state index contributed by atoms with van der Waals surface area (Å²) in [5.74, 6) is 0.126. The van der Waals surface area contributed by atoms with Crippen molar-refractivity contribution in [2.24, 2.45) is 5.92 Å². The first-order valence-corrected chi connectivity index (χ1v) is 16.0. The minimum absolute atomic E-state index is 0.231. The quantitative estimate of drug-likeness (QED) is 0.0992. The maximum absolute atomic E-state index is 12.6. The number of fused-ring (bicyclic) bond motifs is 1. The summed E-state index contributed by atoms with van der Waals surface area (Å²) >= 11 is 0. The number of rotatable bonds is 20. The number of aliphatic hydroxyl groups is 4. The van der Waals surface area contributed by atoms with Crippen LogP contribution in [0, 0.1) is 5.92 Å². The molecule has 8 N–H and O–H groups in total. The zero-order valence-corrected chi connectivity index (χ0v) is 26.0. The molecule has 1 aliphatic heterocycles. The zero-order valence-electron chi connectivity index (χ0n) is 26.0. The fraction of sp³-hybridized carbons (Fsp3) is 0.767. The van der Waals surface area contributed by atoms with Gasteiger partial charge in [-0.2, -0.15) is 0 Å². The van der Waals surface area contributed by atoms with E-state index in [1.54, 1.807) is 0 Å². The van der Waals surface area contributed by atoms with Crippen LogP contribution in [0.25, 0.3) is 11.2 Å². The summed E-state index contributed by atoms with van der Waals surface area (Å²) in [6, 6.07) is -1.27. The van der Waals surface area contributed by atoms with Crippen molar-refractivity contribution < 1.29 is 34.8 Å². The van der Waals surface area contributed by atoms with Gasteiger partial charge in [-0.15, -0.1) is 0 Å². The van der Waals surface area contributed by atoms with E-state index in [1.165, 1.54) is 57.6 Å². The van der Waals surface area contributed by atoms with Crippen LogP contribution >= 0.6 is 0 Å². The summed E-state index contributed by atoms with van der Waals surface area (Å²) < 4.78 is 5.79. The maximum atomic E-state index is 12.6. The zero-order chi connectivity index (χ0) is 31.9. The number of nitrogens with one attached hydrogen (secondary N) is 4. The lowest BCUT2D eigenvalue weighted by Crippen LogP contribution is -2.68. The Hall–Kier alpha value is -2.91. The second-order valence-electron chi connectivity index (χ2n) is 12.1. The predicted molar refractivity (Wildman–Crippen MR) is 164 cm³/mol. The smallest absolute Gasteiger partial charge is 0.239 e. The first kappa shape index (κ1) is 35.6. The molecule has 2 aromatic heterocycles. The van der Waals surface area contributed by atoms with E-state index < -0.39 is 49.2 Å². The summed E-state index contributed by atoms with van der Waals surface area (Å²) in [7, 11) is 0. The van der Waals surface area contributed by atoms with Gasteiger partial charge in [0.05, 0.1) is 25.5 Å². The number of aromatic amines is 1. The van der Waals surface area contributed by atoms with Crippen molar-refractivity contribution in [2.75, 3.05) is 18.5 Å². The third-order valence-electron chi connectivity index (χ3n) is 7.96. The molecule has 0 radical (unpaired) electrons. The Kier molecular flexibility index (Phi) is 15.2. The molecule has 0 aliphatic carbocycles. The summed E-state index contributed by atoms with van der Waals surface area (Å²) in [4.78, 5) is 39.9. The number of carbonyl (C=O) groups is 2. The van der Waals surface area contributed by atoms with Gasteiger partial charge < -0.3 is 46.1 Å². The Morgan fingerprint density at radius 1 is 0.932 bits per heavy atom. The van der Waals surface area contributed by atoms with E-state index >= 15 is 0 Å². The van der Waals surface area contributed by atoms with Crippen LogP contribution in [-0.2, 0) is 14.3 Å². The van der Waals surface area contributed by atoms with Crippen molar-refractivity contribution in [3.05, 3.63) is 12.7 Å². The van der Waals surface area contributed by atoms with Gasteiger partial charge in [-0.05, 0) is 12.3 Å². The standard InChI is InChI=1S/C30H51N7O7/c1-19(2)13-11-9-7-5-3-4-6-8-10-12-14-21(40)31-15-22(41)36-23-25(42)26(43)30(44-27(23)20(39)16-38)37-29-24-28(33-17-32-24)34-18-35-29/h17-20,23,25-27,30,38-39,42-43H,3-16H2,1-2H3,(H,31,40)(H,36,41)(H2,32,33,34,35,37)/t20-,23+,25+,26+,27-,30-/m0/s1. The van der Waals surface area contributed by atoms with Crippen molar-refractivity contribution in [3.63, 3.8) is 0 Å². The Balaban J connectivity index is 1.35. The lowest BCUT2D eigenvalue weighted by atomic mass is 9.92. The molecule has 0 saturated carbocycles. The number of hydrogen-bond donors (Lipinski definition) is 8. The lowest BCUT2D eigenvalue weighted by Gasteiger charge is -2.44. The Morgan fingerprint density at radius 2 is 1.59 bits per heavy atom. The highest BCUT2D eigenvalue weighted by molar-refractivity contribution is 5.85. The number of nitrogens with zero attached hydrogens (tertiary/aromatic N) is 3. The molecule has 0 aromatic carbocycles. The van der Waals surface area contributed by atoms with Crippen molar-refractivity contribution in [1.82, 2.24) is 30.6 Å². The van der Waals surface area contributed by atoms with Crippen molar-refractivity contribution >= 4 is 28.8 Å². The van der Waals surface area contributed by atoms with E-state index in [0.29, 0.717) is 17.6 Å². The highest BCUT2D eigenvalue weighted by Gasteiger charge is 2.48. The van der Waals surface area contributed by atoms with Crippen LogP contribution < -0.4 is 16.0 Å². The Bertz CT molecular complexity index is 1130. The van der Waals surface area contributed by atoms with Gasteiger partial charge in [0.15, 0.2) is 17.7 Å². The van der Waals surface area contributed by atoms with Gasteiger partial charge in [0.25, 0.3) is 0 Å². The average Bonchev–Trinajstić information content (AvgIpc) is 3.50. The summed E-state index contributed by atoms with van der Waals surface area (Å²) in [6.07, 6.45) is 8.79. The van der Waals surface area contributed by atoms with Crippen LogP contribution in [0.2, 0.25) is 0 Å². The normalized spacial score (nSPS) is 22.7. The van der Waals surface area contributed by atoms with Crippen LogP contribution in [-0.4, -0.2) is 102 Å². The van der Waals surface area contributed by atoms with E-state index in [2.05, 4.69) is 49.7 Å². The molecule has 3 heterocycles. The third-order valence-corrected chi connectivity index (χ3v) is 7.96. The van der Waals surface area contributed by atoms with Crippen LogP contribution in [0.1, 0.15) is 90.9 Å². The highest BCUT2D eigenvalue weighted by Crippen LogP contribution is 2.26. The van der Waals surface area contributed by atoms with Crippen LogP contribution in [0.5, 0.6) is 0 Å². The monoisotopic (exact) mass is 621 g/mol. The molecule has 2 amide bonds. The number of aliphatic hydroxyl groups excluding tert-OH is 4. The van der Waals surface area contributed by atoms with Crippen molar-refractivity contribution in [3.8, 4) is 0 Å². The molecule has 1 fully saturated rings. The van der Waals surface area contributed by atoms with Gasteiger partial charge in [-0.25, -0.2) is 15.0 Å². The first-order valence-electron chi connectivity index (χ1n) is 16.0. The van der Waals surface area contributed by atoms with Crippen LogP contribution in [0.4, 0.5) is 5.82 Å². The van der Waals surface area contributed by atoms with E-state index in [1.807, 2.05) is 0 Å². The number of H-pyrrole nitrogens is 1. The number of imidazole rings is 1. The number of aromatic nitrogens is 4. The number of amides is 2. The molecule has 0 spiro atoms. The summed E-state index contributed by atoms with van der Waals surface area (Å²) in [6.45, 7) is 3.47. The molecule has 44 heavy (non-hydrogen) atoms. The second-order valence-corrected chi connectivity index (χ2v) is 12.1. The largest absolute Gasteiger partial charge is 0.394 e. The van der Waals surface area contributed by atoms with Crippen LogP contribution in [0.15, 0.2) is 12.7 Å². The Labute approximate surface area is 258 Å². The number of unbranched alkanes of at least 4 members (excludes halogenated alkanes) is 9. The van der Waals surface area contributed by atoms with Crippen molar-refractivity contribution in [1.29, 1.82) is 0 Å². The number of hydrogen-bond acceptors (Lipinski definition) is 11. The minimum atomic E-state index is -1.59. The molecule has 0 bridgehead atoms. The highest BCUT2D eigenvalue weighted by atomic mass is 16.5. The number of carbonyl (C=O) groups excluding carboxylic acids is 2. The topological polar surface area (TPSA) is 215 Å². The fourth-order valence-corrected chi connectivity index (χ4v) is 5.41. The molecule has 14 heteroatoms. The van der Waals surface area contributed by atoms with E-state index in [9.17, 15) is 30.0 Å². The predicted octanol–water partition coefficient (Wildman–Crippen LogP) is 1.50. The molecular formula is C30H51N7O7. The Morgan fingerprint density at radius 3 is 2.25 bits per heavy atom. The molecule has 1 aliphatic rings. The van der Waals surface area contributed by atoms with Gasteiger partial charge in [0.2, 0.25) is 11.8 Å². The molecule has 2 aromatic rings. The SMILES string of the molecule is CC(C)CCCCCCCCCCCCC(=O)NCC(=O)N[C@@H]1[C@@H](O)[C@@H](O)[C@@H](Nc2ncnc3nc[nH]c23)O[C@H]1[C@@H](O)CO. The van der Waals surface area contributed by atoms with E-state index in [4.69, 9.17) is 4.74 Å². The average molecular weight is 622 g/mol. The molecule has 3 rings (SSSR count). The molecule has 248 valence electrons. The molecule has 6 atom stereocenters. The summed E-state index contributed by atoms with van der Waals surface area (Å²) in [5, 5.41) is 49.6. The van der Waals surface area contributed by atoms with Gasteiger partial charge >= 0.3 is 0 Å². The van der Waals surface area contributed by atoms with E-state index in [-0.39, 0.29) is 18.3 Å². The van der Waals surface area contributed by atoms with Crippen LogP contribution in [0.3, 0.4) is 0 Å². The molecule has 14 nitrogen and oxygen atoms in total. The second kappa shape index (κ2) is 18.8. The fourth-order valence-electron chi connectivity index (χ4n) is 5.41.